The summed E-state index contributed by atoms with van der Waals surface area (Å²) in [5.74, 6) is 0.942. The molecular weight excluding hydrogens is 542 g/mol. The minimum Gasteiger partial charge on any atom is -0.490 e. The number of nitrogens with zero attached hydrogens (tertiary/aromatic N) is 1. The van der Waals surface area contributed by atoms with Crippen molar-refractivity contribution in [3.05, 3.63) is 63.3 Å². The predicted octanol–water partition coefficient (Wildman–Crippen LogP) is 6.63. The number of amides is 2. The number of alkyl carbamates (subject to hydrolysis) is 1. The molecule has 1 aliphatic heterocycles. The SMILES string of the molecule is COc1nc(C)cc2c1CNC(=O)c1cc(Cl)cc(OC3CCC(NC(=O)OC(C)(C)C)CC3)c1C/C=C/CCC2. The topological polar surface area (TPSA) is 98.8 Å². The number of nitrogens with one attached hydrogen (secondary N) is 2. The Morgan fingerprint density at radius 2 is 1.85 bits per heavy atom. The number of pyridine rings is 1. The van der Waals surface area contributed by atoms with E-state index in [0.29, 0.717) is 35.2 Å². The van der Waals surface area contributed by atoms with Gasteiger partial charge in [-0.1, -0.05) is 23.8 Å². The van der Waals surface area contributed by atoms with E-state index in [-0.39, 0.29) is 18.1 Å². The average molecular weight is 584 g/mol. The lowest BCUT2D eigenvalue weighted by molar-refractivity contribution is 0.0470. The molecule has 1 aromatic heterocycles. The van der Waals surface area contributed by atoms with Gasteiger partial charge in [0.2, 0.25) is 5.88 Å². The van der Waals surface area contributed by atoms with E-state index in [1.807, 2.05) is 27.7 Å². The van der Waals surface area contributed by atoms with Crippen LogP contribution in [0.3, 0.4) is 0 Å². The average Bonchev–Trinajstić information content (AvgIpc) is 2.91. The molecule has 1 aromatic carbocycles. The van der Waals surface area contributed by atoms with Crippen molar-refractivity contribution in [1.29, 1.82) is 0 Å². The molecule has 41 heavy (non-hydrogen) atoms. The maximum absolute atomic E-state index is 13.6. The van der Waals surface area contributed by atoms with Crippen LogP contribution in [0.1, 0.15) is 92.0 Å². The van der Waals surface area contributed by atoms with Gasteiger partial charge in [-0.2, -0.15) is 0 Å². The number of carbonyl (C=O) groups excluding carboxylic acids is 2. The molecule has 222 valence electrons. The summed E-state index contributed by atoms with van der Waals surface area (Å²) >= 11 is 6.53. The van der Waals surface area contributed by atoms with Gasteiger partial charge >= 0.3 is 6.09 Å². The minimum atomic E-state index is -0.533. The van der Waals surface area contributed by atoms with Crippen molar-refractivity contribution < 1.29 is 23.8 Å². The molecule has 0 bridgehead atoms. The summed E-state index contributed by atoms with van der Waals surface area (Å²) in [6.45, 7) is 7.81. The van der Waals surface area contributed by atoms with E-state index in [0.717, 1.165) is 67.3 Å². The number of hydrogen-bond donors (Lipinski definition) is 2. The molecular formula is C32H42ClN3O5. The number of aryl methyl sites for hydroxylation is 2. The number of hydrogen-bond acceptors (Lipinski definition) is 6. The smallest absolute Gasteiger partial charge is 0.407 e. The summed E-state index contributed by atoms with van der Waals surface area (Å²) in [7, 11) is 1.60. The van der Waals surface area contributed by atoms with E-state index in [2.05, 4.69) is 33.8 Å². The van der Waals surface area contributed by atoms with Crippen molar-refractivity contribution in [3.63, 3.8) is 0 Å². The first-order valence-corrected chi connectivity index (χ1v) is 14.9. The zero-order valence-electron chi connectivity index (χ0n) is 24.8. The first-order chi connectivity index (χ1) is 19.5. The highest BCUT2D eigenvalue weighted by molar-refractivity contribution is 6.31. The van der Waals surface area contributed by atoms with Gasteiger partial charge in [0.25, 0.3) is 5.91 Å². The fraction of sp³-hybridized carbons (Fsp3) is 0.531. The summed E-state index contributed by atoms with van der Waals surface area (Å²) in [5, 5.41) is 6.49. The molecule has 2 N–H and O–H groups in total. The maximum atomic E-state index is 13.6. The summed E-state index contributed by atoms with van der Waals surface area (Å²) in [6, 6.07) is 5.62. The van der Waals surface area contributed by atoms with Crippen LogP contribution in [0.25, 0.3) is 0 Å². The second-order valence-electron chi connectivity index (χ2n) is 11.8. The van der Waals surface area contributed by atoms with Crippen LogP contribution in [-0.4, -0.2) is 41.8 Å². The number of rotatable bonds is 4. The molecule has 2 aromatic rings. The molecule has 0 unspecified atom stereocenters. The Balaban J connectivity index is 1.51. The van der Waals surface area contributed by atoms with Crippen molar-refractivity contribution in [2.75, 3.05) is 7.11 Å². The van der Waals surface area contributed by atoms with E-state index in [1.165, 1.54) is 0 Å². The molecule has 9 heteroatoms. The summed E-state index contributed by atoms with van der Waals surface area (Å²) in [4.78, 5) is 30.3. The molecule has 4 rings (SSSR count). The number of fused-ring (bicyclic) bond motifs is 2. The molecule has 1 fully saturated rings. The lowest BCUT2D eigenvalue weighted by Gasteiger charge is -2.31. The molecule has 2 amide bonds. The second kappa shape index (κ2) is 13.6. The Morgan fingerprint density at radius 1 is 1.10 bits per heavy atom. The molecule has 0 saturated heterocycles. The lowest BCUT2D eigenvalue weighted by atomic mass is 9.92. The van der Waals surface area contributed by atoms with Crippen LogP contribution in [0.4, 0.5) is 4.79 Å². The van der Waals surface area contributed by atoms with Crippen LogP contribution in [0.2, 0.25) is 5.02 Å². The van der Waals surface area contributed by atoms with Crippen molar-refractivity contribution in [2.24, 2.45) is 0 Å². The molecule has 0 radical (unpaired) electrons. The normalized spacial score (nSPS) is 20.6. The monoisotopic (exact) mass is 583 g/mol. The fourth-order valence-corrected chi connectivity index (χ4v) is 5.63. The first kappa shape index (κ1) is 30.7. The Morgan fingerprint density at radius 3 is 2.56 bits per heavy atom. The quantitative estimate of drug-likeness (QED) is 0.392. The second-order valence-corrected chi connectivity index (χ2v) is 12.3. The van der Waals surface area contributed by atoms with E-state index < -0.39 is 11.7 Å². The van der Waals surface area contributed by atoms with E-state index in [1.54, 1.807) is 19.2 Å². The van der Waals surface area contributed by atoms with Gasteiger partial charge in [0.05, 0.1) is 13.2 Å². The van der Waals surface area contributed by atoms with Gasteiger partial charge in [-0.25, -0.2) is 9.78 Å². The highest BCUT2D eigenvalue weighted by Crippen LogP contribution is 2.33. The number of benzene rings is 1. The Kier molecular flexibility index (Phi) is 10.2. The summed E-state index contributed by atoms with van der Waals surface area (Å²) in [5.41, 5.74) is 3.69. The zero-order valence-corrected chi connectivity index (χ0v) is 25.5. The van der Waals surface area contributed by atoms with Crippen LogP contribution in [0.15, 0.2) is 30.4 Å². The summed E-state index contributed by atoms with van der Waals surface area (Å²) in [6.07, 6.45) is 10.2. The third-order valence-electron chi connectivity index (χ3n) is 7.34. The van der Waals surface area contributed by atoms with E-state index in [4.69, 9.17) is 25.8 Å². The molecule has 2 heterocycles. The number of methoxy groups -OCH3 is 1. The van der Waals surface area contributed by atoms with Crippen molar-refractivity contribution in [1.82, 2.24) is 15.6 Å². The Bertz CT molecular complexity index is 1280. The van der Waals surface area contributed by atoms with Crippen LogP contribution in [0, 0.1) is 6.92 Å². The number of ether oxygens (including phenoxy) is 3. The Hall–Kier alpha value is -3.26. The molecule has 1 saturated carbocycles. The van der Waals surface area contributed by atoms with Crippen LogP contribution < -0.4 is 20.1 Å². The standard InChI is InChI=1S/C32H42ClN3O5/c1-20-16-21-10-8-6-7-9-11-25-26(29(37)34-19-27(21)30(35-20)39-5)17-22(33)18-28(25)40-24-14-12-23(13-15-24)36-31(38)41-32(2,3)4/h7,9,16-18,23-24H,6,8,10-15,19H2,1-5H3,(H,34,37)(H,36,38)/b9-7+. The zero-order chi connectivity index (χ0) is 29.6. The molecule has 0 spiro atoms. The first-order valence-electron chi connectivity index (χ1n) is 14.5. The number of halogens is 1. The largest absolute Gasteiger partial charge is 0.490 e. The van der Waals surface area contributed by atoms with Gasteiger partial charge in [-0.3, -0.25) is 4.79 Å². The highest BCUT2D eigenvalue weighted by Gasteiger charge is 2.27. The number of carbonyl (C=O) groups is 2. The Labute approximate surface area is 248 Å². The minimum absolute atomic E-state index is 0.0421. The van der Waals surface area contributed by atoms with Gasteiger partial charge in [-0.15, -0.1) is 0 Å². The summed E-state index contributed by atoms with van der Waals surface area (Å²) < 4.78 is 17.5. The van der Waals surface area contributed by atoms with Gasteiger partial charge < -0.3 is 24.8 Å². The van der Waals surface area contributed by atoms with Crippen LogP contribution in [-0.2, 0) is 24.1 Å². The number of aromatic nitrogens is 1. The van der Waals surface area contributed by atoms with Crippen molar-refractivity contribution in [2.45, 2.75) is 103 Å². The lowest BCUT2D eigenvalue weighted by Crippen LogP contribution is -2.42. The highest BCUT2D eigenvalue weighted by atomic mass is 35.5. The number of allylic oxidation sites excluding steroid dienone is 2. The molecule has 1 aliphatic carbocycles. The molecule has 8 nitrogen and oxygen atoms in total. The third-order valence-corrected chi connectivity index (χ3v) is 7.56. The fourth-order valence-electron chi connectivity index (χ4n) is 5.42. The van der Waals surface area contributed by atoms with Crippen molar-refractivity contribution in [3.8, 4) is 11.6 Å². The van der Waals surface area contributed by atoms with Crippen LogP contribution in [0.5, 0.6) is 11.6 Å². The third kappa shape index (κ3) is 8.62. The molecule has 0 atom stereocenters. The van der Waals surface area contributed by atoms with Gasteiger partial charge in [0.15, 0.2) is 0 Å². The van der Waals surface area contributed by atoms with Gasteiger partial charge in [-0.05, 0) is 103 Å². The van der Waals surface area contributed by atoms with E-state index >= 15 is 0 Å². The maximum Gasteiger partial charge on any atom is 0.407 e. The van der Waals surface area contributed by atoms with Gasteiger partial charge in [0, 0.05) is 40.0 Å². The van der Waals surface area contributed by atoms with Crippen molar-refractivity contribution >= 4 is 23.6 Å². The predicted molar refractivity (Wildman–Crippen MR) is 160 cm³/mol. The van der Waals surface area contributed by atoms with E-state index in [9.17, 15) is 9.59 Å². The van der Waals surface area contributed by atoms with Gasteiger partial charge in [0.1, 0.15) is 11.4 Å². The van der Waals surface area contributed by atoms with Crippen LogP contribution >= 0.6 is 11.6 Å². The molecule has 2 aliphatic rings.